The minimum atomic E-state index is -1.06. The molecule has 0 radical (unpaired) electrons. The van der Waals surface area contributed by atoms with Gasteiger partial charge in [0, 0.05) is 0 Å². The summed E-state index contributed by atoms with van der Waals surface area (Å²) in [7, 11) is 0. The molecule has 3 rings (SSSR count). The van der Waals surface area contributed by atoms with E-state index in [2.05, 4.69) is 57.9 Å². The molecule has 4 heteroatoms. The largest absolute Gasteiger partial charge is 0.382 e. The second-order valence-electron chi connectivity index (χ2n) is 8.70. The molecule has 0 bridgehead atoms. The van der Waals surface area contributed by atoms with Gasteiger partial charge < -0.3 is 5.11 Å². The summed E-state index contributed by atoms with van der Waals surface area (Å²) >= 11 is 0. The van der Waals surface area contributed by atoms with Crippen LogP contribution >= 0.6 is 0 Å². The molecule has 0 fully saturated rings. The zero-order valence-electron chi connectivity index (χ0n) is 15.4. The van der Waals surface area contributed by atoms with E-state index in [1.54, 1.807) is 0 Å². The first-order valence-electron chi connectivity index (χ1n) is 8.48. The summed E-state index contributed by atoms with van der Waals surface area (Å²) in [5, 5.41) is 20.6. The van der Waals surface area contributed by atoms with E-state index in [0.717, 1.165) is 16.6 Å². The molecular weight excluding hydrogens is 298 g/mol. The summed E-state index contributed by atoms with van der Waals surface area (Å²) in [5.74, 6) is 0. The molecule has 0 saturated heterocycles. The molecule has 2 unspecified atom stereocenters. The number of hydrogen-bond donors (Lipinski definition) is 1. The third-order valence-corrected chi connectivity index (χ3v) is 4.99. The first-order valence-corrected chi connectivity index (χ1v) is 8.48. The van der Waals surface area contributed by atoms with Crippen LogP contribution in [-0.2, 0) is 0 Å². The van der Waals surface area contributed by atoms with Gasteiger partial charge in [0.1, 0.15) is 17.2 Å². The highest BCUT2D eigenvalue weighted by molar-refractivity contribution is 5.74. The van der Waals surface area contributed by atoms with Gasteiger partial charge in [0.05, 0.1) is 5.52 Å². The monoisotopic (exact) mass is 325 g/mol. The molecule has 2 atom stereocenters. The van der Waals surface area contributed by atoms with Crippen LogP contribution in [0, 0.1) is 10.8 Å². The number of nitrogens with zero attached hydrogens (tertiary/aromatic N) is 3. The van der Waals surface area contributed by atoms with Crippen molar-refractivity contribution in [2.24, 2.45) is 10.8 Å². The number of aliphatic hydroxyl groups is 1. The van der Waals surface area contributed by atoms with E-state index in [9.17, 15) is 5.11 Å². The predicted octanol–water partition coefficient (Wildman–Crippen LogP) is 4.29. The molecule has 1 N–H and O–H groups in total. The molecule has 1 aromatic heterocycles. The normalized spacial score (nSPS) is 25.1. The van der Waals surface area contributed by atoms with E-state index in [0.29, 0.717) is 0 Å². The first-order chi connectivity index (χ1) is 11.1. The molecule has 0 amide bonds. The maximum atomic E-state index is 12.0. The third-order valence-electron chi connectivity index (χ3n) is 4.99. The van der Waals surface area contributed by atoms with E-state index < -0.39 is 5.60 Å². The summed E-state index contributed by atoms with van der Waals surface area (Å²) in [6.07, 6.45) is 6.12. The minimum Gasteiger partial charge on any atom is -0.382 e. The van der Waals surface area contributed by atoms with Crippen molar-refractivity contribution in [3.63, 3.8) is 0 Å². The molecule has 24 heavy (non-hydrogen) atoms. The van der Waals surface area contributed by atoms with Crippen molar-refractivity contribution in [2.75, 3.05) is 0 Å². The van der Waals surface area contributed by atoms with Crippen LogP contribution in [0.3, 0.4) is 0 Å². The Morgan fingerprint density at radius 2 is 1.75 bits per heavy atom. The van der Waals surface area contributed by atoms with Gasteiger partial charge in [-0.05, 0) is 28.5 Å². The minimum absolute atomic E-state index is 0.151. The highest BCUT2D eigenvalue weighted by Crippen LogP contribution is 2.52. The Hall–Kier alpha value is -1.94. The van der Waals surface area contributed by atoms with Crippen LogP contribution in [-0.4, -0.2) is 25.7 Å². The number of benzene rings is 1. The van der Waals surface area contributed by atoms with Crippen LogP contribution in [0.4, 0.5) is 0 Å². The quantitative estimate of drug-likeness (QED) is 0.851. The lowest BCUT2D eigenvalue weighted by Crippen LogP contribution is -2.54. The van der Waals surface area contributed by atoms with Gasteiger partial charge in [-0.3, -0.25) is 0 Å². The van der Waals surface area contributed by atoms with Crippen molar-refractivity contribution >= 4 is 11.0 Å². The van der Waals surface area contributed by atoms with Crippen molar-refractivity contribution in [3.05, 3.63) is 48.1 Å². The topological polar surface area (TPSA) is 50.9 Å². The first kappa shape index (κ1) is 16.9. The van der Waals surface area contributed by atoms with Crippen LogP contribution in [0.2, 0.25) is 0 Å². The van der Waals surface area contributed by atoms with Crippen LogP contribution in [0.15, 0.2) is 48.1 Å². The summed E-state index contributed by atoms with van der Waals surface area (Å²) < 4.78 is 1.86. The Kier molecular flexibility index (Phi) is 3.72. The fourth-order valence-electron chi connectivity index (χ4n) is 3.70. The third kappa shape index (κ3) is 2.40. The zero-order chi connectivity index (χ0) is 17.8. The number of allylic oxidation sites excluding steroid dienone is 2. The van der Waals surface area contributed by atoms with Crippen molar-refractivity contribution in [1.29, 1.82) is 0 Å². The smallest absolute Gasteiger partial charge is 0.117 e. The Labute approximate surface area is 143 Å². The van der Waals surface area contributed by atoms with Crippen molar-refractivity contribution < 1.29 is 5.11 Å². The van der Waals surface area contributed by atoms with Gasteiger partial charge in [0.25, 0.3) is 0 Å². The van der Waals surface area contributed by atoms with Crippen LogP contribution < -0.4 is 0 Å². The molecule has 1 aromatic carbocycles. The van der Waals surface area contributed by atoms with E-state index in [4.69, 9.17) is 0 Å². The summed E-state index contributed by atoms with van der Waals surface area (Å²) in [5.41, 5.74) is 1.22. The number of para-hydroxylation sites is 1. The molecule has 0 aliphatic heterocycles. The lowest BCUT2D eigenvalue weighted by molar-refractivity contribution is -0.0687. The fraction of sp³-hybridized carbons (Fsp3) is 0.500. The molecule has 4 nitrogen and oxygen atoms in total. The molecule has 0 saturated carbocycles. The second-order valence-corrected chi connectivity index (χ2v) is 8.70. The van der Waals surface area contributed by atoms with Gasteiger partial charge in [-0.1, -0.05) is 77.1 Å². The second kappa shape index (κ2) is 5.28. The van der Waals surface area contributed by atoms with E-state index in [-0.39, 0.29) is 16.9 Å². The maximum Gasteiger partial charge on any atom is 0.117 e. The molecular formula is C20H27N3O. The van der Waals surface area contributed by atoms with E-state index >= 15 is 0 Å². The molecule has 0 spiro atoms. The van der Waals surface area contributed by atoms with Crippen molar-refractivity contribution in [3.8, 4) is 0 Å². The zero-order valence-corrected chi connectivity index (χ0v) is 15.4. The van der Waals surface area contributed by atoms with Crippen molar-refractivity contribution in [2.45, 2.75) is 53.2 Å². The number of aromatic nitrogens is 3. The van der Waals surface area contributed by atoms with Crippen molar-refractivity contribution in [1.82, 2.24) is 15.0 Å². The molecule has 1 aliphatic carbocycles. The lowest BCUT2D eigenvalue weighted by atomic mass is 9.60. The predicted molar refractivity (Wildman–Crippen MR) is 97.6 cm³/mol. The highest BCUT2D eigenvalue weighted by atomic mass is 16.3. The van der Waals surface area contributed by atoms with Gasteiger partial charge in [-0.25, -0.2) is 4.68 Å². The Bertz CT molecular complexity index is 817. The van der Waals surface area contributed by atoms with Crippen LogP contribution in [0.1, 0.15) is 47.6 Å². The number of fused-ring (bicyclic) bond motifs is 1. The Balaban J connectivity index is 2.24. The van der Waals surface area contributed by atoms with Gasteiger partial charge in [0.15, 0.2) is 0 Å². The lowest BCUT2D eigenvalue weighted by Gasteiger charge is -2.51. The van der Waals surface area contributed by atoms with Gasteiger partial charge in [-0.2, -0.15) is 0 Å². The summed E-state index contributed by atoms with van der Waals surface area (Å²) in [6.45, 7) is 12.7. The average molecular weight is 325 g/mol. The summed E-state index contributed by atoms with van der Waals surface area (Å²) in [4.78, 5) is 0. The van der Waals surface area contributed by atoms with Gasteiger partial charge in [-0.15, -0.1) is 5.10 Å². The SMILES string of the molecule is CC(C)(C)C1=CC=CC(n2nnc3ccccc32)C1(O)C(C)(C)C. The van der Waals surface area contributed by atoms with E-state index in [1.165, 1.54) is 0 Å². The van der Waals surface area contributed by atoms with Crippen LogP contribution in [0.25, 0.3) is 11.0 Å². The Morgan fingerprint density at radius 3 is 2.38 bits per heavy atom. The number of hydrogen-bond acceptors (Lipinski definition) is 3. The standard InChI is InChI=1S/C20H27N3O/c1-18(2,3)16-12-9-13-17(20(16,24)19(4,5)6)23-15-11-8-7-10-14(15)21-22-23/h7-13,17,24H,1-6H3. The van der Waals surface area contributed by atoms with E-state index in [1.807, 2.05) is 41.1 Å². The molecule has 1 aliphatic rings. The molecule has 128 valence electrons. The van der Waals surface area contributed by atoms with Crippen LogP contribution in [0.5, 0.6) is 0 Å². The Morgan fingerprint density at radius 1 is 1.08 bits per heavy atom. The average Bonchev–Trinajstić information content (AvgIpc) is 2.89. The number of rotatable bonds is 1. The highest BCUT2D eigenvalue weighted by Gasteiger charge is 2.53. The van der Waals surface area contributed by atoms with Gasteiger partial charge in [0.2, 0.25) is 0 Å². The molecule has 2 aromatic rings. The fourth-order valence-corrected chi connectivity index (χ4v) is 3.70. The summed E-state index contributed by atoms with van der Waals surface area (Å²) in [6, 6.07) is 7.58. The molecule has 1 heterocycles. The maximum absolute atomic E-state index is 12.0. The van der Waals surface area contributed by atoms with Gasteiger partial charge >= 0.3 is 0 Å².